The molecule has 1 atom stereocenters. The second kappa shape index (κ2) is 5.51. The van der Waals surface area contributed by atoms with Gasteiger partial charge < -0.3 is 10.1 Å². The smallest absolute Gasteiger partial charge is 0.0591 e. The molecule has 0 aromatic carbocycles. The third-order valence-corrected chi connectivity index (χ3v) is 4.74. The summed E-state index contributed by atoms with van der Waals surface area (Å²) in [5, 5.41) is 5.87. The number of hydrogen-bond acceptors (Lipinski definition) is 3. The third-order valence-electron chi connectivity index (χ3n) is 3.74. The number of thiophene rings is 1. The second-order valence-corrected chi connectivity index (χ2v) is 6.22. The Bertz CT molecular complexity index is 359. The zero-order chi connectivity index (χ0) is 11.5. The molecule has 0 aliphatic heterocycles. The van der Waals surface area contributed by atoms with E-state index in [4.69, 9.17) is 4.74 Å². The van der Waals surface area contributed by atoms with Crippen LogP contribution in [0.5, 0.6) is 0 Å². The monoisotopic (exact) mass is 251 g/mol. The van der Waals surface area contributed by atoms with Crippen molar-refractivity contribution in [3.8, 4) is 0 Å². The zero-order valence-electron chi connectivity index (χ0n) is 10.3. The average Bonchev–Trinajstić information content (AvgIpc) is 3.04. The van der Waals surface area contributed by atoms with Crippen LogP contribution in [-0.2, 0) is 11.2 Å². The van der Waals surface area contributed by atoms with Gasteiger partial charge in [0.2, 0.25) is 0 Å². The highest BCUT2D eigenvalue weighted by molar-refractivity contribution is 7.10. The molecule has 0 bridgehead atoms. The van der Waals surface area contributed by atoms with Crippen LogP contribution < -0.4 is 5.32 Å². The predicted octanol–water partition coefficient (Wildman–Crippen LogP) is 3.14. The van der Waals surface area contributed by atoms with E-state index in [2.05, 4.69) is 16.8 Å². The molecule has 1 aromatic rings. The molecule has 1 saturated carbocycles. The Kier molecular flexibility index (Phi) is 3.79. The summed E-state index contributed by atoms with van der Waals surface area (Å²) in [6.07, 6.45) is 6.66. The van der Waals surface area contributed by atoms with Gasteiger partial charge in [-0.3, -0.25) is 0 Å². The topological polar surface area (TPSA) is 21.3 Å². The molecule has 1 unspecified atom stereocenters. The Balaban J connectivity index is 1.40. The molecule has 1 heterocycles. The minimum atomic E-state index is 0.578. The fourth-order valence-electron chi connectivity index (χ4n) is 2.54. The first-order valence-corrected chi connectivity index (χ1v) is 7.69. The molecule has 3 heteroatoms. The summed E-state index contributed by atoms with van der Waals surface area (Å²) in [7, 11) is 0. The summed E-state index contributed by atoms with van der Waals surface area (Å²) in [6.45, 7) is 2.84. The van der Waals surface area contributed by atoms with Crippen LogP contribution >= 0.6 is 11.3 Å². The van der Waals surface area contributed by atoms with Gasteiger partial charge in [0.05, 0.1) is 6.61 Å². The van der Waals surface area contributed by atoms with Crippen molar-refractivity contribution in [3.63, 3.8) is 0 Å². The number of aryl methyl sites for hydroxylation is 1. The summed E-state index contributed by atoms with van der Waals surface area (Å²) in [5.41, 5.74) is 1.54. The van der Waals surface area contributed by atoms with E-state index in [1.54, 1.807) is 10.4 Å². The quantitative estimate of drug-likeness (QED) is 0.784. The van der Waals surface area contributed by atoms with E-state index >= 15 is 0 Å². The summed E-state index contributed by atoms with van der Waals surface area (Å²) < 4.78 is 5.66. The normalized spacial score (nSPS) is 23.6. The maximum atomic E-state index is 5.66. The van der Waals surface area contributed by atoms with Crippen molar-refractivity contribution in [1.29, 1.82) is 0 Å². The summed E-state index contributed by atoms with van der Waals surface area (Å²) in [6, 6.07) is 2.87. The zero-order valence-corrected chi connectivity index (χ0v) is 11.1. The Labute approximate surface area is 107 Å². The van der Waals surface area contributed by atoms with Gasteiger partial charge in [0, 0.05) is 24.1 Å². The van der Waals surface area contributed by atoms with Crippen LogP contribution in [0.2, 0.25) is 0 Å². The number of hydrogen-bond donors (Lipinski definition) is 1. The van der Waals surface area contributed by atoms with Crippen molar-refractivity contribution in [2.75, 3.05) is 19.8 Å². The maximum absolute atomic E-state index is 5.66. The van der Waals surface area contributed by atoms with E-state index in [0.29, 0.717) is 6.04 Å². The van der Waals surface area contributed by atoms with E-state index in [1.165, 1.54) is 32.1 Å². The fraction of sp³-hybridized carbons (Fsp3) is 0.714. The molecule has 0 radical (unpaired) electrons. The van der Waals surface area contributed by atoms with Crippen LogP contribution in [0.1, 0.15) is 42.2 Å². The SMILES string of the molecule is c1cc2c(s1)CCCC2NCCOCC1CC1. The van der Waals surface area contributed by atoms with Crippen LogP contribution in [-0.4, -0.2) is 19.8 Å². The summed E-state index contributed by atoms with van der Waals surface area (Å²) in [5.74, 6) is 0.883. The molecular formula is C14H21NOS. The number of fused-ring (bicyclic) bond motifs is 1. The number of ether oxygens (including phenoxy) is 1. The van der Waals surface area contributed by atoms with Crippen LogP contribution in [0.4, 0.5) is 0 Å². The van der Waals surface area contributed by atoms with Gasteiger partial charge in [-0.25, -0.2) is 0 Å². The molecule has 2 nitrogen and oxygen atoms in total. The van der Waals surface area contributed by atoms with Crippen molar-refractivity contribution < 1.29 is 4.74 Å². The van der Waals surface area contributed by atoms with Crippen molar-refractivity contribution in [2.24, 2.45) is 5.92 Å². The summed E-state index contributed by atoms with van der Waals surface area (Å²) in [4.78, 5) is 1.59. The van der Waals surface area contributed by atoms with Crippen molar-refractivity contribution in [3.05, 3.63) is 21.9 Å². The van der Waals surface area contributed by atoms with E-state index in [1.807, 2.05) is 11.3 Å². The number of nitrogens with one attached hydrogen (secondary N) is 1. The predicted molar refractivity (Wildman–Crippen MR) is 71.5 cm³/mol. The molecule has 17 heavy (non-hydrogen) atoms. The highest BCUT2D eigenvalue weighted by Gasteiger charge is 2.22. The van der Waals surface area contributed by atoms with Gasteiger partial charge in [-0.15, -0.1) is 11.3 Å². The Hall–Kier alpha value is -0.380. The molecule has 0 saturated heterocycles. The lowest BCUT2D eigenvalue weighted by molar-refractivity contribution is 0.123. The van der Waals surface area contributed by atoms with E-state index in [-0.39, 0.29) is 0 Å². The molecule has 2 aliphatic carbocycles. The minimum Gasteiger partial charge on any atom is -0.380 e. The third kappa shape index (κ3) is 3.09. The average molecular weight is 251 g/mol. The van der Waals surface area contributed by atoms with Crippen molar-refractivity contribution in [2.45, 2.75) is 38.1 Å². The second-order valence-electron chi connectivity index (χ2n) is 5.22. The molecule has 0 spiro atoms. The van der Waals surface area contributed by atoms with Crippen LogP contribution in [0.15, 0.2) is 11.4 Å². The molecule has 94 valence electrons. The van der Waals surface area contributed by atoms with Crippen molar-refractivity contribution in [1.82, 2.24) is 5.32 Å². The molecule has 3 rings (SSSR count). The minimum absolute atomic E-state index is 0.578. The van der Waals surface area contributed by atoms with Gasteiger partial charge in [0.15, 0.2) is 0 Å². The lowest BCUT2D eigenvalue weighted by atomic mass is 9.94. The van der Waals surface area contributed by atoms with Gasteiger partial charge in [-0.05, 0) is 55.0 Å². The summed E-state index contributed by atoms with van der Waals surface area (Å²) >= 11 is 1.91. The molecular weight excluding hydrogens is 230 g/mol. The highest BCUT2D eigenvalue weighted by Crippen LogP contribution is 2.33. The van der Waals surface area contributed by atoms with Crippen LogP contribution in [0.25, 0.3) is 0 Å². The first-order valence-electron chi connectivity index (χ1n) is 6.81. The van der Waals surface area contributed by atoms with Crippen LogP contribution in [0, 0.1) is 5.92 Å². The van der Waals surface area contributed by atoms with Gasteiger partial charge in [0.25, 0.3) is 0 Å². The molecule has 1 aromatic heterocycles. The van der Waals surface area contributed by atoms with E-state index in [9.17, 15) is 0 Å². The Morgan fingerprint density at radius 2 is 2.29 bits per heavy atom. The first kappa shape index (κ1) is 11.7. The standard InChI is InChI=1S/C14H21NOS/c1-2-13(12-6-9-17-14(12)3-1)15-7-8-16-10-11-4-5-11/h6,9,11,13,15H,1-5,7-8,10H2. The Morgan fingerprint density at radius 1 is 1.35 bits per heavy atom. The van der Waals surface area contributed by atoms with Gasteiger partial charge >= 0.3 is 0 Å². The van der Waals surface area contributed by atoms with Gasteiger partial charge in [-0.1, -0.05) is 0 Å². The van der Waals surface area contributed by atoms with Crippen molar-refractivity contribution >= 4 is 11.3 Å². The van der Waals surface area contributed by atoms with E-state index in [0.717, 1.165) is 25.7 Å². The largest absolute Gasteiger partial charge is 0.380 e. The van der Waals surface area contributed by atoms with Gasteiger partial charge in [0.1, 0.15) is 0 Å². The number of rotatable bonds is 6. The molecule has 1 fully saturated rings. The Morgan fingerprint density at radius 3 is 3.18 bits per heavy atom. The molecule has 2 aliphatic rings. The lowest BCUT2D eigenvalue weighted by Gasteiger charge is -2.23. The maximum Gasteiger partial charge on any atom is 0.0591 e. The fourth-order valence-corrected chi connectivity index (χ4v) is 3.53. The molecule has 1 N–H and O–H groups in total. The van der Waals surface area contributed by atoms with Gasteiger partial charge in [-0.2, -0.15) is 0 Å². The highest BCUT2D eigenvalue weighted by atomic mass is 32.1. The van der Waals surface area contributed by atoms with Crippen LogP contribution in [0.3, 0.4) is 0 Å². The molecule has 0 amide bonds. The first-order chi connectivity index (χ1) is 8.43. The van der Waals surface area contributed by atoms with E-state index < -0.39 is 0 Å². The lowest BCUT2D eigenvalue weighted by Crippen LogP contribution is -2.27.